The van der Waals surface area contributed by atoms with E-state index < -0.39 is 36.5 Å². The topological polar surface area (TPSA) is 80.3 Å². The van der Waals surface area contributed by atoms with Gasteiger partial charge >= 0.3 is 0 Å². The van der Waals surface area contributed by atoms with E-state index in [1.54, 1.807) is 11.1 Å². The largest absolute Gasteiger partial charge is 0.387 e. The minimum Gasteiger partial charge on any atom is -0.387 e. The number of hydrogen-bond acceptors (Lipinski definition) is 6. The van der Waals surface area contributed by atoms with Crippen molar-refractivity contribution in [1.82, 2.24) is 10.2 Å². The zero-order chi connectivity index (χ0) is 23.8. The molecule has 0 aliphatic carbocycles. The number of rotatable bonds is 6. The van der Waals surface area contributed by atoms with E-state index in [-0.39, 0.29) is 12.5 Å². The van der Waals surface area contributed by atoms with Crippen LogP contribution in [0.1, 0.15) is 16.7 Å². The molecule has 0 spiro atoms. The van der Waals surface area contributed by atoms with Crippen LogP contribution in [0.3, 0.4) is 0 Å². The molecule has 0 bridgehead atoms. The zero-order valence-electron chi connectivity index (χ0n) is 18.9. The number of benzene rings is 3. The highest BCUT2D eigenvalue weighted by molar-refractivity contribution is 5.88. The van der Waals surface area contributed by atoms with Crippen molar-refractivity contribution in [1.29, 1.82) is 0 Å². The van der Waals surface area contributed by atoms with E-state index in [0.29, 0.717) is 0 Å². The van der Waals surface area contributed by atoms with Gasteiger partial charge in [0.15, 0.2) is 6.23 Å². The normalized spacial score (nSPS) is 27.4. The lowest BCUT2D eigenvalue weighted by Crippen LogP contribution is -2.49. The van der Waals surface area contributed by atoms with E-state index in [1.165, 1.54) is 6.08 Å². The van der Waals surface area contributed by atoms with Gasteiger partial charge < -0.3 is 29.5 Å². The Morgan fingerprint density at radius 1 is 0.857 bits per heavy atom. The fourth-order valence-electron chi connectivity index (χ4n) is 5.17. The Morgan fingerprint density at radius 3 is 1.94 bits per heavy atom. The number of carbonyl (C=O) groups excluding carboxylic acids is 1. The Hall–Kier alpha value is -3.49. The van der Waals surface area contributed by atoms with Crippen molar-refractivity contribution in [2.45, 2.75) is 36.5 Å². The van der Waals surface area contributed by atoms with Crippen LogP contribution >= 0.6 is 0 Å². The van der Waals surface area contributed by atoms with Gasteiger partial charge in [0.1, 0.15) is 23.9 Å². The molecule has 3 aliphatic rings. The van der Waals surface area contributed by atoms with Crippen LogP contribution in [0, 0.1) is 0 Å². The number of amides is 1. The first kappa shape index (κ1) is 22.0. The van der Waals surface area contributed by atoms with E-state index in [0.717, 1.165) is 16.7 Å². The van der Waals surface area contributed by atoms with Crippen LogP contribution in [0.25, 0.3) is 0 Å². The molecule has 7 heteroatoms. The van der Waals surface area contributed by atoms with Crippen molar-refractivity contribution in [2.75, 3.05) is 6.61 Å². The molecule has 5 atom stereocenters. The van der Waals surface area contributed by atoms with Crippen LogP contribution in [-0.2, 0) is 24.6 Å². The first-order valence-electron chi connectivity index (χ1n) is 11.7. The first-order valence-corrected chi connectivity index (χ1v) is 11.7. The maximum Gasteiger partial charge on any atom is 0.248 e. The van der Waals surface area contributed by atoms with E-state index in [9.17, 15) is 9.90 Å². The first-order chi connectivity index (χ1) is 17.2. The number of nitrogens with one attached hydrogen (secondary N) is 1. The third-order valence-corrected chi connectivity index (χ3v) is 6.83. The molecule has 0 aromatic heterocycles. The predicted molar refractivity (Wildman–Crippen MR) is 128 cm³/mol. The fourth-order valence-corrected chi connectivity index (χ4v) is 5.17. The number of aliphatic hydroxyl groups excluding tert-OH is 1. The summed E-state index contributed by atoms with van der Waals surface area (Å²) in [5.74, 6) is -0.237. The average molecular weight is 471 g/mol. The van der Waals surface area contributed by atoms with Gasteiger partial charge in [-0.15, -0.1) is 0 Å². The third-order valence-electron chi connectivity index (χ3n) is 6.83. The Kier molecular flexibility index (Phi) is 5.62. The monoisotopic (exact) mass is 470 g/mol. The second-order valence-electron chi connectivity index (χ2n) is 8.87. The summed E-state index contributed by atoms with van der Waals surface area (Å²) in [4.78, 5) is 13.4. The molecule has 1 unspecified atom stereocenters. The molecule has 0 saturated carbocycles. The van der Waals surface area contributed by atoms with E-state index in [2.05, 4.69) is 41.7 Å². The molecule has 2 N–H and O–H groups in total. The molecule has 2 saturated heterocycles. The quantitative estimate of drug-likeness (QED) is 0.540. The molecule has 0 radical (unpaired) electrons. The molecule has 2 fully saturated rings. The van der Waals surface area contributed by atoms with Crippen molar-refractivity contribution < 1.29 is 24.1 Å². The minimum absolute atomic E-state index is 0.130. The van der Waals surface area contributed by atoms with Gasteiger partial charge in [0.25, 0.3) is 0 Å². The zero-order valence-corrected chi connectivity index (χ0v) is 18.9. The number of carbonyl (C=O) groups is 1. The van der Waals surface area contributed by atoms with Gasteiger partial charge in [-0.2, -0.15) is 0 Å². The molecule has 3 heterocycles. The van der Waals surface area contributed by atoms with Crippen LogP contribution in [0.4, 0.5) is 0 Å². The van der Waals surface area contributed by atoms with Crippen LogP contribution in [0.5, 0.6) is 0 Å². The summed E-state index contributed by atoms with van der Waals surface area (Å²) in [6.07, 6.45) is -0.227. The van der Waals surface area contributed by atoms with Crippen molar-refractivity contribution in [3.8, 4) is 0 Å². The highest BCUT2D eigenvalue weighted by Crippen LogP contribution is 2.42. The maximum absolute atomic E-state index is 11.7. The predicted octanol–water partition coefficient (Wildman–Crippen LogP) is 2.71. The van der Waals surface area contributed by atoms with Gasteiger partial charge in [-0.25, -0.2) is 0 Å². The van der Waals surface area contributed by atoms with Crippen molar-refractivity contribution in [2.24, 2.45) is 0 Å². The summed E-state index contributed by atoms with van der Waals surface area (Å²) < 4.78 is 18.9. The Labute approximate surface area is 203 Å². The number of ether oxygens (including phenoxy) is 3. The summed E-state index contributed by atoms with van der Waals surface area (Å²) in [5, 5.41) is 13.8. The van der Waals surface area contributed by atoms with Gasteiger partial charge in [0, 0.05) is 12.3 Å². The van der Waals surface area contributed by atoms with E-state index in [1.807, 2.05) is 54.6 Å². The SMILES string of the molecule is O=C1C=CN2C(N1)O[C@H]1[C@H](O)[C@@H](COC(c3ccccc3)(c3ccccc3)c3ccccc3)O[C@@H]12. The van der Waals surface area contributed by atoms with Gasteiger partial charge in [0.05, 0.1) is 6.61 Å². The standard InChI is InChI=1S/C28H26N2O5/c31-23-16-17-30-26-25(35-27(30)29-23)24(32)22(34-26)18-33-28(19-10-4-1-5-11-19,20-12-6-2-7-13-20)21-14-8-3-9-15-21/h1-17,22,24-27,32H,18H2,(H,29,31)/t22-,24-,25+,26+,27?/m1/s1. The van der Waals surface area contributed by atoms with Gasteiger partial charge in [-0.3, -0.25) is 4.79 Å². The lowest BCUT2D eigenvalue weighted by Gasteiger charge is -2.37. The molecule has 6 rings (SSSR count). The summed E-state index contributed by atoms with van der Waals surface area (Å²) in [7, 11) is 0. The van der Waals surface area contributed by atoms with Crippen molar-refractivity contribution >= 4 is 5.91 Å². The summed E-state index contributed by atoms with van der Waals surface area (Å²) in [6, 6.07) is 30.2. The summed E-state index contributed by atoms with van der Waals surface area (Å²) in [5.41, 5.74) is 2.02. The van der Waals surface area contributed by atoms with Gasteiger partial charge in [0.2, 0.25) is 12.3 Å². The molecule has 3 aromatic carbocycles. The van der Waals surface area contributed by atoms with E-state index in [4.69, 9.17) is 14.2 Å². The van der Waals surface area contributed by atoms with Crippen LogP contribution < -0.4 is 5.32 Å². The molecule has 178 valence electrons. The third kappa shape index (κ3) is 3.73. The minimum atomic E-state index is -0.920. The number of aliphatic hydroxyl groups is 1. The smallest absolute Gasteiger partial charge is 0.248 e. The van der Waals surface area contributed by atoms with Crippen LogP contribution in [0.15, 0.2) is 103 Å². The van der Waals surface area contributed by atoms with Gasteiger partial charge in [-0.1, -0.05) is 91.0 Å². The summed E-state index contributed by atoms with van der Waals surface area (Å²) in [6.45, 7) is 0.130. The molecular formula is C28H26N2O5. The number of fused-ring (bicyclic) bond motifs is 3. The Bertz CT molecular complexity index is 1110. The number of hydrogen-bond donors (Lipinski definition) is 2. The highest BCUT2D eigenvalue weighted by Gasteiger charge is 2.55. The van der Waals surface area contributed by atoms with E-state index >= 15 is 0 Å². The molecular weight excluding hydrogens is 444 g/mol. The molecule has 3 aliphatic heterocycles. The highest BCUT2D eigenvalue weighted by atomic mass is 16.6. The van der Waals surface area contributed by atoms with Crippen molar-refractivity contribution in [3.63, 3.8) is 0 Å². The molecule has 35 heavy (non-hydrogen) atoms. The van der Waals surface area contributed by atoms with Crippen molar-refractivity contribution in [3.05, 3.63) is 120 Å². The Morgan fingerprint density at radius 2 is 1.40 bits per heavy atom. The second-order valence-corrected chi connectivity index (χ2v) is 8.87. The Balaban J connectivity index is 1.34. The lowest BCUT2D eigenvalue weighted by molar-refractivity contribution is -0.139. The number of nitrogens with zero attached hydrogens (tertiary/aromatic N) is 1. The van der Waals surface area contributed by atoms with Gasteiger partial charge in [-0.05, 0) is 16.7 Å². The lowest BCUT2D eigenvalue weighted by atomic mass is 9.80. The van der Waals surface area contributed by atoms with Crippen LogP contribution in [0.2, 0.25) is 0 Å². The maximum atomic E-state index is 11.7. The second kappa shape index (κ2) is 8.94. The summed E-state index contributed by atoms with van der Waals surface area (Å²) >= 11 is 0. The van der Waals surface area contributed by atoms with Crippen LogP contribution in [-0.4, -0.2) is 53.4 Å². The molecule has 7 nitrogen and oxygen atoms in total. The molecule has 3 aromatic rings. The fraction of sp³-hybridized carbons (Fsp3) is 0.250. The molecule has 1 amide bonds. The average Bonchev–Trinajstić information content (AvgIpc) is 3.41.